The van der Waals surface area contributed by atoms with Gasteiger partial charge in [0.15, 0.2) is 5.78 Å². The van der Waals surface area contributed by atoms with Gasteiger partial charge in [0, 0.05) is 5.02 Å². The first-order valence-corrected chi connectivity index (χ1v) is 4.85. The van der Waals surface area contributed by atoms with Gasteiger partial charge in [-0.15, -0.1) is 11.6 Å². The second-order valence-corrected chi connectivity index (χ2v) is 3.70. The Morgan fingerprint density at radius 1 is 1.50 bits per heavy atom. The number of ether oxygens (including phenoxy) is 1. The lowest BCUT2D eigenvalue weighted by atomic mass is 10.1. The smallest absolute Gasteiger partial charge is 0.152 e. The van der Waals surface area contributed by atoms with Gasteiger partial charge >= 0.3 is 0 Å². The molecule has 4 heteroatoms. The van der Waals surface area contributed by atoms with Crippen LogP contribution >= 0.6 is 23.2 Å². The zero-order chi connectivity index (χ0) is 10.7. The highest BCUT2D eigenvalue weighted by Crippen LogP contribution is 2.31. The van der Waals surface area contributed by atoms with Gasteiger partial charge in [0.1, 0.15) is 11.1 Å². The highest BCUT2D eigenvalue weighted by Gasteiger charge is 2.16. The summed E-state index contributed by atoms with van der Waals surface area (Å²) in [5.41, 5.74) is 0.584. The van der Waals surface area contributed by atoms with Crippen LogP contribution in [0.5, 0.6) is 5.75 Å². The summed E-state index contributed by atoms with van der Waals surface area (Å²) >= 11 is 11.8. The molecule has 0 fully saturated rings. The molecule has 0 saturated carbocycles. The molecule has 76 valence electrons. The van der Waals surface area contributed by atoms with Crippen LogP contribution in [-0.4, -0.2) is 12.9 Å². The minimum atomic E-state index is -0.711. The highest BCUT2D eigenvalue weighted by molar-refractivity contribution is 6.35. The second-order valence-electron chi connectivity index (χ2n) is 2.86. The zero-order valence-electron chi connectivity index (χ0n) is 7.88. The molecular formula is C10H10Cl2O2. The number of rotatable bonds is 3. The van der Waals surface area contributed by atoms with Crippen molar-refractivity contribution in [2.24, 2.45) is 0 Å². The van der Waals surface area contributed by atoms with Gasteiger partial charge in [-0.3, -0.25) is 4.79 Å². The third-order valence-electron chi connectivity index (χ3n) is 1.83. The monoisotopic (exact) mass is 232 g/mol. The molecule has 0 bridgehead atoms. The summed E-state index contributed by atoms with van der Waals surface area (Å²) in [6.45, 7) is 1.42. The fraction of sp³-hybridized carbons (Fsp3) is 0.300. The number of ketones is 1. The largest absolute Gasteiger partial charge is 0.497 e. The third kappa shape index (κ3) is 2.40. The number of benzene rings is 1. The van der Waals surface area contributed by atoms with Crippen LogP contribution in [-0.2, 0) is 4.79 Å². The molecule has 0 heterocycles. The molecule has 0 radical (unpaired) electrons. The van der Waals surface area contributed by atoms with Crippen LogP contribution in [0, 0.1) is 0 Å². The lowest BCUT2D eigenvalue weighted by Gasteiger charge is -2.09. The van der Waals surface area contributed by atoms with Crippen molar-refractivity contribution in [3.05, 3.63) is 28.8 Å². The Bertz CT molecular complexity index is 350. The lowest BCUT2D eigenvalue weighted by Crippen LogP contribution is -2.02. The summed E-state index contributed by atoms with van der Waals surface area (Å²) in [5.74, 6) is 0.498. The Balaban J connectivity index is 3.11. The average molecular weight is 233 g/mol. The fourth-order valence-corrected chi connectivity index (χ4v) is 1.53. The first-order chi connectivity index (χ1) is 6.56. The molecule has 0 aliphatic heterocycles. The van der Waals surface area contributed by atoms with E-state index >= 15 is 0 Å². The number of alkyl halides is 1. The molecule has 1 rings (SSSR count). The summed E-state index contributed by atoms with van der Waals surface area (Å²) < 4.78 is 5.01. The molecule has 2 nitrogen and oxygen atoms in total. The minimum absolute atomic E-state index is 0.137. The number of hydrogen-bond acceptors (Lipinski definition) is 2. The van der Waals surface area contributed by atoms with E-state index in [1.54, 1.807) is 25.3 Å². The summed E-state index contributed by atoms with van der Waals surface area (Å²) in [6.07, 6.45) is 0. The molecule has 1 aromatic carbocycles. The van der Waals surface area contributed by atoms with Crippen LogP contribution < -0.4 is 4.74 Å². The van der Waals surface area contributed by atoms with E-state index in [-0.39, 0.29) is 5.78 Å². The predicted octanol–water partition coefficient (Wildman–Crippen LogP) is 3.22. The van der Waals surface area contributed by atoms with Crippen molar-refractivity contribution in [3.63, 3.8) is 0 Å². The Morgan fingerprint density at radius 3 is 2.64 bits per heavy atom. The number of carbonyl (C=O) groups excluding carboxylic acids is 1. The van der Waals surface area contributed by atoms with Gasteiger partial charge in [-0.05, 0) is 30.7 Å². The van der Waals surface area contributed by atoms with Crippen molar-refractivity contribution in [1.82, 2.24) is 0 Å². The maximum absolute atomic E-state index is 11.1. The quantitative estimate of drug-likeness (QED) is 0.749. The maximum Gasteiger partial charge on any atom is 0.152 e. The van der Waals surface area contributed by atoms with Crippen molar-refractivity contribution in [2.45, 2.75) is 12.3 Å². The number of Topliss-reactive ketones (excluding diaryl/α,β-unsaturated/α-hetero) is 1. The number of carbonyl (C=O) groups is 1. The lowest BCUT2D eigenvalue weighted by molar-refractivity contribution is -0.116. The molecule has 1 atom stereocenters. The fourth-order valence-electron chi connectivity index (χ4n) is 1.06. The summed E-state index contributed by atoms with van der Waals surface area (Å²) in [4.78, 5) is 11.1. The van der Waals surface area contributed by atoms with E-state index in [0.29, 0.717) is 16.3 Å². The van der Waals surface area contributed by atoms with Crippen LogP contribution in [0.4, 0.5) is 0 Å². The highest BCUT2D eigenvalue weighted by atomic mass is 35.5. The molecule has 0 aromatic heterocycles. The molecule has 0 amide bonds. The van der Waals surface area contributed by atoms with E-state index in [1.807, 2.05) is 0 Å². The molecule has 1 aromatic rings. The van der Waals surface area contributed by atoms with Gasteiger partial charge in [0.05, 0.1) is 7.11 Å². The van der Waals surface area contributed by atoms with E-state index in [1.165, 1.54) is 6.92 Å². The van der Waals surface area contributed by atoms with Crippen LogP contribution in [0.25, 0.3) is 0 Å². The van der Waals surface area contributed by atoms with Gasteiger partial charge < -0.3 is 4.74 Å². The summed E-state index contributed by atoms with van der Waals surface area (Å²) in [7, 11) is 1.55. The third-order valence-corrected chi connectivity index (χ3v) is 2.72. The van der Waals surface area contributed by atoms with Gasteiger partial charge in [0.2, 0.25) is 0 Å². The molecular weight excluding hydrogens is 223 g/mol. The van der Waals surface area contributed by atoms with Gasteiger partial charge in [-0.2, -0.15) is 0 Å². The Labute approximate surface area is 92.8 Å². The molecule has 0 saturated heterocycles. The van der Waals surface area contributed by atoms with E-state index in [0.717, 1.165) is 0 Å². The maximum atomic E-state index is 11.1. The molecule has 0 spiro atoms. The molecule has 1 unspecified atom stereocenters. The second kappa shape index (κ2) is 4.67. The van der Waals surface area contributed by atoms with E-state index in [9.17, 15) is 4.79 Å². The van der Waals surface area contributed by atoms with Gasteiger partial charge in [0.25, 0.3) is 0 Å². The van der Waals surface area contributed by atoms with Crippen molar-refractivity contribution >= 4 is 29.0 Å². The van der Waals surface area contributed by atoms with Crippen LogP contribution in [0.3, 0.4) is 0 Å². The van der Waals surface area contributed by atoms with Gasteiger partial charge in [-0.1, -0.05) is 11.6 Å². The van der Waals surface area contributed by atoms with E-state index in [2.05, 4.69) is 0 Å². The standard InChI is InChI=1S/C10H10Cl2O2/c1-6(13)10(12)8-5-7(14-2)3-4-9(8)11/h3-5,10H,1-2H3. The van der Waals surface area contributed by atoms with Crippen molar-refractivity contribution in [3.8, 4) is 5.75 Å². The first kappa shape index (κ1) is 11.3. The van der Waals surface area contributed by atoms with Crippen molar-refractivity contribution in [2.75, 3.05) is 7.11 Å². The van der Waals surface area contributed by atoms with Crippen LogP contribution in [0.15, 0.2) is 18.2 Å². The number of halogens is 2. The van der Waals surface area contributed by atoms with E-state index in [4.69, 9.17) is 27.9 Å². The molecule has 0 aliphatic rings. The molecule has 0 aliphatic carbocycles. The summed E-state index contributed by atoms with van der Waals surface area (Å²) in [5, 5.41) is -0.237. The molecule has 0 N–H and O–H groups in total. The Hall–Kier alpha value is -0.730. The summed E-state index contributed by atoms with van der Waals surface area (Å²) in [6, 6.07) is 5.05. The Morgan fingerprint density at radius 2 is 2.14 bits per heavy atom. The topological polar surface area (TPSA) is 26.3 Å². The van der Waals surface area contributed by atoms with Crippen LogP contribution in [0.2, 0.25) is 5.02 Å². The SMILES string of the molecule is COc1ccc(Cl)c(C(Cl)C(C)=O)c1. The zero-order valence-corrected chi connectivity index (χ0v) is 9.39. The van der Waals surface area contributed by atoms with Gasteiger partial charge in [-0.25, -0.2) is 0 Å². The van der Waals surface area contributed by atoms with E-state index < -0.39 is 5.38 Å². The normalized spacial score (nSPS) is 12.3. The Kier molecular flexibility index (Phi) is 3.78. The average Bonchev–Trinajstić information content (AvgIpc) is 2.17. The molecule has 14 heavy (non-hydrogen) atoms. The number of hydrogen-bond donors (Lipinski definition) is 0. The van der Waals surface area contributed by atoms with Crippen LogP contribution in [0.1, 0.15) is 17.9 Å². The predicted molar refractivity (Wildman–Crippen MR) is 57.3 cm³/mol. The minimum Gasteiger partial charge on any atom is -0.497 e. The van der Waals surface area contributed by atoms with Crippen molar-refractivity contribution < 1.29 is 9.53 Å². The number of methoxy groups -OCH3 is 1. The first-order valence-electron chi connectivity index (χ1n) is 4.04. The van der Waals surface area contributed by atoms with Crippen molar-refractivity contribution in [1.29, 1.82) is 0 Å².